The van der Waals surface area contributed by atoms with Gasteiger partial charge in [0.25, 0.3) is 0 Å². The largest absolute Gasteiger partial charge is 0.481 e. The molecule has 0 rings (SSSR count). The van der Waals surface area contributed by atoms with Crippen LogP contribution in [-0.2, 0) is 14.3 Å². The van der Waals surface area contributed by atoms with Crippen LogP contribution in [-0.4, -0.2) is 48.2 Å². The number of carboxylic acid groups (broad SMARTS) is 1. The predicted octanol–water partition coefficient (Wildman–Crippen LogP) is 3.77. The van der Waals surface area contributed by atoms with Gasteiger partial charge >= 0.3 is 5.97 Å². The van der Waals surface area contributed by atoms with E-state index in [1.165, 1.54) is 44.9 Å². The van der Waals surface area contributed by atoms with Crippen molar-refractivity contribution in [2.24, 2.45) is 0 Å². The molecule has 5 nitrogen and oxygen atoms in total. The molecule has 0 aliphatic carbocycles. The Hall–Kier alpha value is -0.650. The second-order valence-electron chi connectivity index (χ2n) is 6.15. The van der Waals surface area contributed by atoms with E-state index in [1.54, 1.807) is 0 Å². The molecular formula is C18H36O5. The van der Waals surface area contributed by atoms with Crippen LogP contribution in [0.5, 0.6) is 0 Å². The van der Waals surface area contributed by atoms with E-state index in [-0.39, 0.29) is 32.3 Å². The molecule has 0 aromatic heterocycles. The average molecular weight is 332 g/mol. The Balaban J connectivity index is 3.54. The zero-order valence-corrected chi connectivity index (χ0v) is 15.0. The molecule has 2 N–H and O–H groups in total. The molecule has 0 aliphatic heterocycles. The first kappa shape index (κ1) is 22.4. The van der Waals surface area contributed by atoms with Gasteiger partial charge in [0.2, 0.25) is 0 Å². The fourth-order valence-electron chi connectivity index (χ4n) is 2.41. The van der Waals surface area contributed by atoms with E-state index in [4.69, 9.17) is 14.6 Å². The zero-order valence-electron chi connectivity index (χ0n) is 15.0. The summed E-state index contributed by atoms with van der Waals surface area (Å²) in [6, 6.07) is 0. The van der Waals surface area contributed by atoms with Gasteiger partial charge in [0.05, 0.1) is 32.3 Å². The fraction of sp³-hybridized carbons (Fsp3) is 0.944. The summed E-state index contributed by atoms with van der Waals surface area (Å²) in [6.07, 6.45) is 10.5. The van der Waals surface area contributed by atoms with Crippen LogP contribution >= 0.6 is 0 Å². The van der Waals surface area contributed by atoms with Gasteiger partial charge in [-0.05, 0) is 12.8 Å². The van der Waals surface area contributed by atoms with Gasteiger partial charge < -0.3 is 19.7 Å². The van der Waals surface area contributed by atoms with Crippen molar-refractivity contribution in [3.63, 3.8) is 0 Å². The van der Waals surface area contributed by atoms with E-state index >= 15 is 0 Å². The maximum Gasteiger partial charge on any atom is 0.305 e. The van der Waals surface area contributed by atoms with Crippen LogP contribution in [0.1, 0.15) is 78.1 Å². The van der Waals surface area contributed by atoms with E-state index in [2.05, 4.69) is 13.8 Å². The Morgan fingerprint density at radius 1 is 1.00 bits per heavy atom. The lowest BCUT2D eigenvalue weighted by molar-refractivity contribution is -0.138. The van der Waals surface area contributed by atoms with Crippen LogP contribution in [0.2, 0.25) is 0 Å². The number of hydrogen-bond acceptors (Lipinski definition) is 4. The van der Waals surface area contributed by atoms with Crippen LogP contribution in [0.15, 0.2) is 0 Å². The number of aliphatic carboxylic acids is 1. The number of carboxylic acids is 1. The lowest BCUT2D eigenvalue weighted by Crippen LogP contribution is -2.26. The molecule has 2 unspecified atom stereocenters. The first-order valence-corrected chi connectivity index (χ1v) is 9.19. The highest BCUT2D eigenvalue weighted by Crippen LogP contribution is 2.13. The summed E-state index contributed by atoms with van der Waals surface area (Å²) in [6.45, 7) is 4.83. The van der Waals surface area contributed by atoms with Crippen molar-refractivity contribution in [2.75, 3.05) is 19.8 Å². The van der Waals surface area contributed by atoms with Crippen molar-refractivity contribution >= 4 is 5.97 Å². The second-order valence-corrected chi connectivity index (χ2v) is 6.15. The third-order valence-electron chi connectivity index (χ3n) is 3.88. The van der Waals surface area contributed by atoms with Crippen LogP contribution in [0.4, 0.5) is 0 Å². The van der Waals surface area contributed by atoms with Crippen LogP contribution in [0.3, 0.4) is 0 Å². The molecule has 23 heavy (non-hydrogen) atoms. The Morgan fingerprint density at radius 3 is 2.26 bits per heavy atom. The maximum absolute atomic E-state index is 10.3. The van der Waals surface area contributed by atoms with E-state index in [0.717, 1.165) is 12.8 Å². The minimum absolute atomic E-state index is 0.0383. The zero-order chi connectivity index (χ0) is 17.3. The first-order valence-electron chi connectivity index (χ1n) is 9.19. The Kier molecular flexibility index (Phi) is 15.8. The average Bonchev–Trinajstić information content (AvgIpc) is 2.53. The van der Waals surface area contributed by atoms with Crippen molar-refractivity contribution < 1.29 is 24.5 Å². The Morgan fingerprint density at radius 2 is 1.65 bits per heavy atom. The number of rotatable bonds is 17. The second kappa shape index (κ2) is 16.2. The first-order chi connectivity index (χ1) is 11.1. The molecule has 0 aromatic rings. The topological polar surface area (TPSA) is 76.0 Å². The quantitative estimate of drug-likeness (QED) is 0.396. The van der Waals surface area contributed by atoms with Gasteiger partial charge in [0, 0.05) is 0 Å². The third kappa shape index (κ3) is 16.0. The summed E-state index contributed by atoms with van der Waals surface area (Å²) in [7, 11) is 0. The van der Waals surface area contributed by atoms with Crippen molar-refractivity contribution in [3.05, 3.63) is 0 Å². The molecular weight excluding hydrogens is 296 g/mol. The summed E-state index contributed by atoms with van der Waals surface area (Å²) in [5.41, 5.74) is 0. The summed E-state index contributed by atoms with van der Waals surface area (Å²) in [4.78, 5) is 10.3. The fourth-order valence-corrected chi connectivity index (χ4v) is 2.41. The highest BCUT2D eigenvalue weighted by Gasteiger charge is 2.11. The molecule has 0 aliphatic rings. The van der Waals surface area contributed by atoms with Crippen LogP contribution in [0, 0.1) is 0 Å². The van der Waals surface area contributed by atoms with Gasteiger partial charge in [-0.25, -0.2) is 0 Å². The monoisotopic (exact) mass is 332 g/mol. The summed E-state index contributed by atoms with van der Waals surface area (Å²) >= 11 is 0. The summed E-state index contributed by atoms with van der Waals surface area (Å²) in [5, 5.41) is 18.2. The molecule has 0 heterocycles. The molecule has 0 aromatic carbocycles. The normalized spacial score (nSPS) is 13.9. The van der Waals surface area contributed by atoms with E-state index in [0.29, 0.717) is 0 Å². The molecule has 0 amide bonds. The minimum Gasteiger partial charge on any atom is -0.481 e. The number of ether oxygens (including phenoxy) is 2. The third-order valence-corrected chi connectivity index (χ3v) is 3.88. The van der Waals surface area contributed by atoms with Crippen molar-refractivity contribution in [1.29, 1.82) is 0 Å². The Bertz CT molecular complexity index is 270. The molecule has 0 spiro atoms. The molecule has 0 bridgehead atoms. The predicted molar refractivity (Wildman–Crippen MR) is 91.7 cm³/mol. The highest BCUT2D eigenvalue weighted by molar-refractivity contribution is 5.66. The Labute approximate surface area is 141 Å². The number of unbranched alkanes of at least 4 members (excludes halogenated alkanes) is 6. The molecule has 2 atom stereocenters. The van der Waals surface area contributed by atoms with Crippen LogP contribution in [0.25, 0.3) is 0 Å². The van der Waals surface area contributed by atoms with Crippen LogP contribution < -0.4 is 0 Å². The van der Waals surface area contributed by atoms with E-state index < -0.39 is 12.1 Å². The van der Waals surface area contributed by atoms with Gasteiger partial charge in [-0.2, -0.15) is 0 Å². The van der Waals surface area contributed by atoms with Gasteiger partial charge in [-0.15, -0.1) is 0 Å². The number of aliphatic hydroxyl groups excluding tert-OH is 1. The maximum atomic E-state index is 10.3. The summed E-state index contributed by atoms with van der Waals surface area (Å²) in [5.74, 6) is -0.892. The van der Waals surface area contributed by atoms with E-state index in [1.807, 2.05) is 0 Å². The lowest BCUT2D eigenvalue weighted by Gasteiger charge is -2.18. The number of hydrogen-bond donors (Lipinski definition) is 2. The van der Waals surface area contributed by atoms with Gasteiger partial charge in [0.1, 0.15) is 6.10 Å². The molecule has 0 saturated carbocycles. The minimum atomic E-state index is -0.892. The summed E-state index contributed by atoms with van der Waals surface area (Å²) < 4.78 is 10.8. The molecule has 138 valence electrons. The van der Waals surface area contributed by atoms with Crippen molar-refractivity contribution in [2.45, 2.75) is 90.3 Å². The smallest absolute Gasteiger partial charge is 0.305 e. The standard InChI is InChI=1S/C18H36O5/c1-3-5-6-7-8-9-10-11-17(4-2)23-15-16(19)14-22-13-12-18(20)21/h16-17,19H,3-15H2,1-2H3,(H,20,21). The van der Waals surface area contributed by atoms with E-state index in [9.17, 15) is 9.90 Å². The molecule has 0 fully saturated rings. The lowest BCUT2D eigenvalue weighted by atomic mass is 10.1. The van der Waals surface area contributed by atoms with Crippen molar-refractivity contribution in [1.82, 2.24) is 0 Å². The van der Waals surface area contributed by atoms with Crippen molar-refractivity contribution in [3.8, 4) is 0 Å². The number of carbonyl (C=O) groups is 1. The van der Waals surface area contributed by atoms with Gasteiger partial charge in [0.15, 0.2) is 0 Å². The molecule has 0 saturated heterocycles. The molecule has 0 radical (unpaired) electrons. The van der Waals surface area contributed by atoms with Gasteiger partial charge in [-0.3, -0.25) is 4.79 Å². The molecule has 5 heteroatoms. The SMILES string of the molecule is CCCCCCCCCC(CC)OCC(O)COCCC(=O)O. The number of aliphatic hydroxyl groups is 1. The highest BCUT2D eigenvalue weighted by atomic mass is 16.5. The van der Waals surface area contributed by atoms with Gasteiger partial charge in [-0.1, -0.05) is 58.8 Å².